The first-order valence-corrected chi connectivity index (χ1v) is 30.4. The summed E-state index contributed by atoms with van der Waals surface area (Å²) in [6, 6.07) is 0. The number of allylic oxidation sites excluding steroid dienone is 2. The highest BCUT2D eigenvalue weighted by molar-refractivity contribution is 14.3. The molecule has 416 valence electrons. The standard InChI is InChI=1S/C34H50O12.C22H27NO2.CHI3/c1-9-12-13-14-15-17-24(37)43-28-26-25(20(5)27(28)44-30(38)19(4)11-3)29-34(41,33(8,40)31(39)45-29)22(42-23(36)16-10-2)18-32(26,7)46-21(6)35;1-4-22(24)10-8-18-16-6-5-15-11-19-14(13-23-25-19)12-20(15,2)17(16)7-9-21(18,22)3;2-1(3)4/h11,22,26-29,40-41H,9-10,12-18H2,1-8H3;1,11,13,16-18,24H,5-10,12H2,2-3H3;1H/b19-11-;;/t22-,26+,27-,28-,29-,32-,33+,34+;16-,17+,18+,20+,21+,22+;/m01./s1. The van der Waals surface area contributed by atoms with E-state index in [-0.39, 0.29) is 40.4 Å². The van der Waals surface area contributed by atoms with E-state index < -0.39 is 89.0 Å². The molecule has 0 radical (unpaired) electrons. The average molecular weight is 1380 g/mol. The monoisotopic (exact) mass is 1380 g/mol. The van der Waals surface area contributed by atoms with Crippen LogP contribution in [0.25, 0.3) is 6.08 Å². The molecule has 3 N–H and O–H groups in total. The van der Waals surface area contributed by atoms with Gasteiger partial charge in [-0.15, -0.1) is 6.42 Å². The summed E-state index contributed by atoms with van der Waals surface area (Å²) in [5.41, 5.74) is -4.13. The first-order valence-electron chi connectivity index (χ1n) is 26.7. The molecule has 75 heavy (non-hydrogen) atoms. The van der Waals surface area contributed by atoms with Crippen LogP contribution in [-0.2, 0) is 54.1 Å². The SMILES string of the molecule is C#C[C@]1(O)CC[C@H]2[C@@H]3CCC4=Cc5oncc5C[C@]4(C)[C@H]3CC[C@@]21C.C/C=C(/C)C(=O)O[C@H]1C(C)=C2[C@H]([C@@H]1OC(=O)CCCCCCC)[C@@](C)(OC(C)=O)C[C@H](OC(=O)CCC)[C@@]1(O)[C@H]2OC(=O)[C@@]1(C)O.IC(I)I. The zero-order valence-electron chi connectivity index (χ0n) is 45.2. The summed E-state index contributed by atoms with van der Waals surface area (Å²) in [6.45, 7) is 17.1. The van der Waals surface area contributed by atoms with E-state index in [2.05, 4.69) is 106 Å². The van der Waals surface area contributed by atoms with Crippen LogP contribution in [0.3, 0.4) is 0 Å². The second kappa shape index (κ2) is 24.4. The number of rotatable bonds is 13. The van der Waals surface area contributed by atoms with Crippen molar-refractivity contribution in [2.45, 2.75) is 219 Å². The second-order valence-electron chi connectivity index (χ2n) is 22.7. The smallest absolute Gasteiger partial charge is 0.341 e. The number of esters is 5. The molecule has 1 aliphatic heterocycles. The van der Waals surface area contributed by atoms with Gasteiger partial charge in [0.15, 0.2) is 35.3 Å². The van der Waals surface area contributed by atoms with Crippen molar-refractivity contribution in [2.24, 2.45) is 34.5 Å². The van der Waals surface area contributed by atoms with Crippen LogP contribution in [0.15, 0.2) is 39.1 Å². The normalized spacial score (nSPS) is 37.1. The summed E-state index contributed by atoms with van der Waals surface area (Å²) >= 11 is 6.95. The number of unbranched alkanes of at least 4 members (excludes halogenated alkanes) is 4. The molecular formula is C57H78I3NO14. The van der Waals surface area contributed by atoms with Crippen molar-refractivity contribution in [1.29, 1.82) is 0 Å². The van der Waals surface area contributed by atoms with E-state index in [0.717, 1.165) is 76.8 Å². The average Bonchev–Trinajstić information content (AvgIpc) is 4.01. The van der Waals surface area contributed by atoms with Gasteiger partial charge in [0.1, 0.15) is 17.2 Å². The molecule has 5 fully saturated rings. The number of halogens is 3. The van der Waals surface area contributed by atoms with Crippen LogP contribution in [0.2, 0.25) is 0 Å². The maximum Gasteiger partial charge on any atom is 0.341 e. The Bertz CT molecular complexity index is 2460. The van der Waals surface area contributed by atoms with Gasteiger partial charge in [0, 0.05) is 42.7 Å². The third kappa shape index (κ3) is 11.8. The van der Waals surface area contributed by atoms with Crippen molar-refractivity contribution in [2.75, 3.05) is 0 Å². The predicted octanol–water partition coefficient (Wildman–Crippen LogP) is 10.7. The van der Waals surface area contributed by atoms with Gasteiger partial charge in [-0.25, -0.2) is 9.59 Å². The number of aromatic nitrogens is 1. The molecule has 1 saturated heterocycles. The molecule has 0 aromatic carbocycles. The molecule has 6 aliphatic carbocycles. The van der Waals surface area contributed by atoms with Crippen LogP contribution in [0.1, 0.15) is 177 Å². The van der Waals surface area contributed by atoms with E-state index in [1.807, 2.05) is 6.20 Å². The zero-order valence-corrected chi connectivity index (χ0v) is 51.7. The largest absolute Gasteiger partial charge is 0.459 e. The Balaban J connectivity index is 0.000000260. The third-order valence-electron chi connectivity index (χ3n) is 18.2. The van der Waals surface area contributed by atoms with Gasteiger partial charge in [-0.2, -0.15) is 0 Å². The Kier molecular flexibility index (Phi) is 20.1. The van der Waals surface area contributed by atoms with Crippen molar-refractivity contribution < 1.29 is 67.5 Å². The van der Waals surface area contributed by atoms with Crippen molar-refractivity contribution in [1.82, 2.24) is 5.16 Å². The Morgan fingerprint density at radius 2 is 1.57 bits per heavy atom. The van der Waals surface area contributed by atoms with Crippen LogP contribution >= 0.6 is 67.8 Å². The molecule has 0 unspecified atom stereocenters. The molecule has 1 aromatic heterocycles. The molecule has 4 saturated carbocycles. The van der Waals surface area contributed by atoms with Crippen LogP contribution in [-0.4, -0.2) is 97.1 Å². The molecule has 0 bridgehead atoms. The van der Waals surface area contributed by atoms with Crippen LogP contribution < -0.4 is 0 Å². The highest BCUT2D eigenvalue weighted by atomic mass is 127. The maximum atomic E-state index is 13.3. The molecular weight excluding hydrogens is 1300 g/mol. The van der Waals surface area contributed by atoms with Gasteiger partial charge in [0.25, 0.3) is 0 Å². The van der Waals surface area contributed by atoms with Gasteiger partial charge in [-0.05, 0) is 133 Å². The fraction of sp³-hybridized carbons (Fsp3) is 0.719. The lowest BCUT2D eigenvalue weighted by Crippen LogP contribution is -2.64. The lowest BCUT2D eigenvalue weighted by atomic mass is 9.46. The number of alkyl halides is 3. The van der Waals surface area contributed by atoms with Gasteiger partial charge in [-0.3, -0.25) is 14.4 Å². The number of nitrogens with zero attached hydrogens (tertiary/aromatic N) is 1. The number of aliphatic hydroxyl groups is 3. The molecule has 14 atom stereocenters. The predicted molar refractivity (Wildman–Crippen MR) is 306 cm³/mol. The summed E-state index contributed by atoms with van der Waals surface area (Å²) in [5.74, 6) is 0.610. The van der Waals surface area contributed by atoms with Crippen molar-refractivity contribution in [3.05, 3.63) is 45.9 Å². The van der Waals surface area contributed by atoms with E-state index in [4.69, 9.17) is 34.6 Å². The van der Waals surface area contributed by atoms with E-state index in [0.29, 0.717) is 30.6 Å². The summed E-state index contributed by atoms with van der Waals surface area (Å²) in [7, 11) is 0. The Morgan fingerprint density at radius 1 is 0.920 bits per heavy atom. The Hall–Kier alpha value is -2.59. The maximum absolute atomic E-state index is 13.3. The number of hydrogen-bond donors (Lipinski definition) is 3. The molecule has 18 heteroatoms. The van der Waals surface area contributed by atoms with E-state index in [1.165, 1.54) is 25.8 Å². The number of fused-ring (bicyclic) bond motifs is 9. The van der Waals surface area contributed by atoms with Crippen molar-refractivity contribution >= 4 is 104 Å². The summed E-state index contributed by atoms with van der Waals surface area (Å²) < 4.78 is 35.5. The summed E-state index contributed by atoms with van der Waals surface area (Å²) in [6.07, 6.45) is 17.7. The van der Waals surface area contributed by atoms with Gasteiger partial charge in [0.2, 0.25) is 0 Å². The number of terminal acetylenes is 1. The second-order valence-corrected chi connectivity index (χ2v) is 33.6. The number of hydrogen-bond acceptors (Lipinski definition) is 15. The number of ether oxygens (including phenoxy) is 5. The minimum Gasteiger partial charge on any atom is -0.459 e. The highest BCUT2D eigenvalue weighted by Gasteiger charge is 2.76. The number of carbonyl (C=O) groups excluding carboxylic acids is 5. The molecule has 8 rings (SSSR count). The van der Waals surface area contributed by atoms with Gasteiger partial charge in [0.05, 0.1) is 12.1 Å². The third-order valence-corrected chi connectivity index (χ3v) is 18.2. The first kappa shape index (κ1) is 61.6. The quantitative estimate of drug-likeness (QED) is 0.0245. The van der Waals surface area contributed by atoms with Crippen LogP contribution in [0.4, 0.5) is 0 Å². The molecule has 7 aliphatic rings. The Morgan fingerprint density at radius 3 is 2.20 bits per heavy atom. The van der Waals surface area contributed by atoms with Gasteiger partial charge < -0.3 is 43.5 Å². The fourth-order valence-corrected chi connectivity index (χ4v) is 14.0. The first-order chi connectivity index (χ1) is 35.1. The lowest BCUT2D eigenvalue weighted by molar-refractivity contribution is -0.212. The molecule has 0 spiro atoms. The Labute approximate surface area is 484 Å². The molecule has 1 aromatic rings. The molecule has 2 heterocycles. The molecule has 15 nitrogen and oxygen atoms in total. The topological polar surface area (TPSA) is 218 Å². The zero-order chi connectivity index (χ0) is 55.6. The highest BCUT2D eigenvalue weighted by Crippen LogP contribution is 2.67. The fourth-order valence-electron chi connectivity index (χ4n) is 14.0. The van der Waals surface area contributed by atoms with E-state index in [1.54, 1.807) is 39.3 Å². The number of carbonyl (C=O) groups is 5. The van der Waals surface area contributed by atoms with E-state index in [9.17, 15) is 39.3 Å². The lowest BCUT2D eigenvalue weighted by Gasteiger charge is -2.58. The minimum atomic E-state index is -2.57. The molecule has 0 amide bonds. The van der Waals surface area contributed by atoms with Gasteiger partial charge in [-0.1, -0.05) is 144 Å². The van der Waals surface area contributed by atoms with E-state index >= 15 is 0 Å². The minimum absolute atomic E-state index is 0.0234. The summed E-state index contributed by atoms with van der Waals surface area (Å²) in [4.78, 5) is 65.1. The van der Waals surface area contributed by atoms with Crippen LogP contribution in [0.5, 0.6) is 0 Å². The van der Waals surface area contributed by atoms with Gasteiger partial charge >= 0.3 is 29.8 Å². The van der Waals surface area contributed by atoms with Crippen molar-refractivity contribution in [3.8, 4) is 12.3 Å². The van der Waals surface area contributed by atoms with Crippen molar-refractivity contribution in [3.63, 3.8) is 0 Å². The van der Waals surface area contributed by atoms with Crippen LogP contribution in [0, 0.1) is 46.8 Å². The summed E-state index contributed by atoms with van der Waals surface area (Å²) in [5, 5.41) is 38.9.